The molecule has 2 aliphatic carbocycles. The van der Waals surface area contributed by atoms with Gasteiger partial charge in [-0.1, -0.05) is 25.7 Å². The molecule has 0 bridgehead atoms. The molecule has 2 heterocycles. The van der Waals surface area contributed by atoms with Crippen LogP contribution in [0.15, 0.2) is 12.5 Å². The summed E-state index contributed by atoms with van der Waals surface area (Å²) in [6, 6.07) is 0.687. The van der Waals surface area contributed by atoms with E-state index in [1.165, 1.54) is 76.4 Å². The van der Waals surface area contributed by atoms with Crippen molar-refractivity contribution in [2.45, 2.75) is 81.7 Å². The van der Waals surface area contributed by atoms with E-state index in [2.05, 4.69) is 27.4 Å². The molecule has 0 radical (unpaired) electrons. The Bertz CT molecular complexity index is 449. The van der Waals surface area contributed by atoms with Crippen molar-refractivity contribution in [1.29, 1.82) is 0 Å². The highest BCUT2D eigenvalue weighted by Gasteiger charge is 2.38. The van der Waals surface area contributed by atoms with Gasteiger partial charge in [-0.2, -0.15) is 0 Å². The van der Waals surface area contributed by atoms with Crippen molar-refractivity contribution in [3.8, 4) is 0 Å². The second-order valence-electron chi connectivity index (χ2n) is 7.27. The number of nitrogens with zero attached hydrogens (tertiary/aromatic N) is 2. The predicted molar refractivity (Wildman–Crippen MR) is 80.9 cm³/mol. The zero-order valence-electron chi connectivity index (χ0n) is 12.5. The largest absolute Gasteiger partial charge is 0.331 e. The van der Waals surface area contributed by atoms with Crippen LogP contribution in [-0.2, 0) is 0 Å². The predicted octanol–water partition coefficient (Wildman–Crippen LogP) is 3.78. The third kappa shape index (κ3) is 2.20. The fourth-order valence-electron chi connectivity index (χ4n) is 4.62. The maximum atomic E-state index is 4.48. The van der Waals surface area contributed by atoms with Gasteiger partial charge in [0, 0.05) is 29.4 Å². The van der Waals surface area contributed by atoms with Gasteiger partial charge < -0.3 is 9.88 Å². The van der Waals surface area contributed by atoms with Gasteiger partial charge in [-0.15, -0.1) is 0 Å². The van der Waals surface area contributed by atoms with Crippen LogP contribution in [0.1, 0.15) is 81.9 Å². The first-order chi connectivity index (χ1) is 9.86. The van der Waals surface area contributed by atoms with Crippen molar-refractivity contribution in [3.05, 3.63) is 18.2 Å². The summed E-state index contributed by atoms with van der Waals surface area (Å²) < 4.78 is 2.54. The molecule has 0 amide bonds. The van der Waals surface area contributed by atoms with Crippen LogP contribution < -0.4 is 5.32 Å². The molecule has 2 saturated carbocycles. The summed E-state index contributed by atoms with van der Waals surface area (Å²) in [5, 5.41) is 3.87. The second kappa shape index (κ2) is 5.18. The third-order valence-electron chi connectivity index (χ3n) is 6.03. The zero-order chi connectivity index (χ0) is 13.4. The van der Waals surface area contributed by atoms with Gasteiger partial charge in [0.05, 0.1) is 6.33 Å². The van der Waals surface area contributed by atoms with Crippen LogP contribution in [0.4, 0.5) is 0 Å². The molecular formula is C17H27N3. The summed E-state index contributed by atoms with van der Waals surface area (Å²) in [7, 11) is 0. The SMILES string of the molecule is c1ncn(C2CCNC3(CCCCC3)C2)c1C1CCC1. The van der Waals surface area contributed by atoms with Crippen LogP contribution >= 0.6 is 0 Å². The van der Waals surface area contributed by atoms with E-state index in [1.54, 1.807) is 0 Å². The summed E-state index contributed by atoms with van der Waals surface area (Å²) in [6.45, 7) is 1.19. The normalized spacial score (nSPS) is 30.3. The van der Waals surface area contributed by atoms with Gasteiger partial charge >= 0.3 is 0 Å². The standard InChI is InChI=1S/C17H27N3/c1-2-8-17(9-3-1)11-15(7-10-19-17)20-13-18-12-16(20)14-5-4-6-14/h12-15,19H,1-11H2. The van der Waals surface area contributed by atoms with E-state index in [0.717, 1.165) is 5.92 Å². The van der Waals surface area contributed by atoms with E-state index in [0.29, 0.717) is 11.6 Å². The molecule has 20 heavy (non-hydrogen) atoms. The first kappa shape index (κ1) is 12.9. The minimum Gasteiger partial charge on any atom is -0.331 e. The van der Waals surface area contributed by atoms with Gasteiger partial charge in [0.15, 0.2) is 0 Å². The van der Waals surface area contributed by atoms with Crippen molar-refractivity contribution in [2.24, 2.45) is 0 Å². The molecule has 110 valence electrons. The number of aromatic nitrogens is 2. The Hall–Kier alpha value is -0.830. The summed E-state index contributed by atoms with van der Waals surface area (Å²) in [5.41, 5.74) is 1.97. The van der Waals surface area contributed by atoms with Crippen LogP contribution in [0.5, 0.6) is 0 Å². The van der Waals surface area contributed by atoms with Gasteiger partial charge in [-0.3, -0.25) is 0 Å². The Balaban J connectivity index is 1.54. The highest BCUT2D eigenvalue weighted by atomic mass is 15.1. The second-order valence-corrected chi connectivity index (χ2v) is 7.27. The van der Waals surface area contributed by atoms with Gasteiger partial charge in [-0.25, -0.2) is 4.98 Å². The molecule has 3 heteroatoms. The molecule has 1 saturated heterocycles. The molecule has 1 N–H and O–H groups in total. The first-order valence-electron chi connectivity index (χ1n) is 8.63. The Kier molecular flexibility index (Phi) is 3.33. The summed E-state index contributed by atoms with van der Waals surface area (Å²) in [5.74, 6) is 0.801. The van der Waals surface area contributed by atoms with Crippen LogP contribution in [0.3, 0.4) is 0 Å². The lowest BCUT2D eigenvalue weighted by Crippen LogP contribution is -2.52. The number of piperidine rings is 1. The monoisotopic (exact) mass is 273 g/mol. The zero-order valence-corrected chi connectivity index (χ0v) is 12.5. The molecule has 1 atom stereocenters. The Morgan fingerprint density at radius 1 is 1.10 bits per heavy atom. The molecule has 1 unspecified atom stereocenters. The highest BCUT2D eigenvalue weighted by Crippen LogP contribution is 2.42. The minimum absolute atomic E-state index is 0.447. The van der Waals surface area contributed by atoms with E-state index >= 15 is 0 Å². The smallest absolute Gasteiger partial charge is 0.0950 e. The van der Waals surface area contributed by atoms with E-state index in [4.69, 9.17) is 0 Å². The van der Waals surface area contributed by atoms with Crippen molar-refractivity contribution >= 4 is 0 Å². The lowest BCUT2D eigenvalue weighted by Gasteiger charge is -2.45. The number of rotatable bonds is 2. The number of hydrogen-bond acceptors (Lipinski definition) is 2. The fourth-order valence-corrected chi connectivity index (χ4v) is 4.62. The van der Waals surface area contributed by atoms with Crippen molar-refractivity contribution < 1.29 is 0 Å². The van der Waals surface area contributed by atoms with E-state index in [-0.39, 0.29) is 0 Å². The summed E-state index contributed by atoms with van der Waals surface area (Å²) in [6.07, 6.45) is 18.1. The van der Waals surface area contributed by atoms with Crippen molar-refractivity contribution in [2.75, 3.05) is 6.54 Å². The minimum atomic E-state index is 0.447. The molecule has 3 aliphatic rings. The van der Waals surface area contributed by atoms with Crippen LogP contribution in [-0.4, -0.2) is 21.6 Å². The van der Waals surface area contributed by atoms with Crippen LogP contribution in [0.25, 0.3) is 0 Å². The highest BCUT2D eigenvalue weighted by molar-refractivity contribution is 5.12. The Labute approximate surface area is 122 Å². The van der Waals surface area contributed by atoms with Gasteiger partial charge in [-0.05, 0) is 45.1 Å². The van der Waals surface area contributed by atoms with E-state index in [9.17, 15) is 0 Å². The maximum absolute atomic E-state index is 4.48. The van der Waals surface area contributed by atoms with Crippen molar-refractivity contribution in [3.63, 3.8) is 0 Å². The van der Waals surface area contributed by atoms with Gasteiger partial charge in [0.25, 0.3) is 0 Å². The fraction of sp³-hybridized carbons (Fsp3) is 0.824. The maximum Gasteiger partial charge on any atom is 0.0950 e. The molecule has 1 aromatic heterocycles. The molecule has 1 aliphatic heterocycles. The molecular weight excluding hydrogens is 246 g/mol. The molecule has 4 rings (SSSR count). The van der Waals surface area contributed by atoms with Crippen LogP contribution in [0.2, 0.25) is 0 Å². The average molecular weight is 273 g/mol. The quantitative estimate of drug-likeness (QED) is 0.888. The van der Waals surface area contributed by atoms with E-state index in [1.807, 2.05) is 0 Å². The lowest BCUT2D eigenvalue weighted by molar-refractivity contribution is 0.143. The van der Waals surface area contributed by atoms with Gasteiger partial charge in [0.1, 0.15) is 0 Å². The van der Waals surface area contributed by atoms with Crippen molar-refractivity contribution in [1.82, 2.24) is 14.9 Å². The topological polar surface area (TPSA) is 29.9 Å². The van der Waals surface area contributed by atoms with Gasteiger partial charge in [0.2, 0.25) is 0 Å². The number of nitrogens with one attached hydrogen (secondary N) is 1. The molecule has 3 nitrogen and oxygen atoms in total. The number of imidazole rings is 1. The summed E-state index contributed by atoms with van der Waals surface area (Å²) in [4.78, 5) is 4.48. The number of hydrogen-bond donors (Lipinski definition) is 1. The molecule has 3 fully saturated rings. The average Bonchev–Trinajstić information content (AvgIpc) is 2.87. The van der Waals surface area contributed by atoms with E-state index < -0.39 is 0 Å². The first-order valence-corrected chi connectivity index (χ1v) is 8.63. The molecule has 0 aromatic carbocycles. The third-order valence-corrected chi connectivity index (χ3v) is 6.03. The molecule has 1 spiro atoms. The molecule has 1 aromatic rings. The lowest BCUT2D eigenvalue weighted by atomic mass is 9.74. The van der Waals surface area contributed by atoms with Crippen LogP contribution in [0, 0.1) is 0 Å². The summed E-state index contributed by atoms with van der Waals surface area (Å²) >= 11 is 0. The Morgan fingerprint density at radius 2 is 1.95 bits per heavy atom. The Morgan fingerprint density at radius 3 is 2.70 bits per heavy atom.